The summed E-state index contributed by atoms with van der Waals surface area (Å²) in [5.74, 6) is 0.0773. The van der Waals surface area contributed by atoms with Crippen molar-refractivity contribution in [3.8, 4) is 5.75 Å². The first-order valence-corrected chi connectivity index (χ1v) is 7.70. The summed E-state index contributed by atoms with van der Waals surface area (Å²) in [7, 11) is 0. The molecule has 0 aliphatic heterocycles. The molecule has 5 nitrogen and oxygen atoms in total. The van der Waals surface area contributed by atoms with E-state index in [2.05, 4.69) is 19.2 Å². The molecular formula is C17H24N2O3. The van der Waals surface area contributed by atoms with Crippen molar-refractivity contribution in [3.63, 3.8) is 0 Å². The predicted octanol–water partition coefficient (Wildman–Crippen LogP) is 2.77. The largest absolute Gasteiger partial charge is 0.412 e. The van der Waals surface area contributed by atoms with Gasteiger partial charge in [-0.25, -0.2) is 4.79 Å². The minimum Gasteiger partial charge on any atom is -0.410 e. The van der Waals surface area contributed by atoms with Crippen LogP contribution in [0.1, 0.15) is 45.1 Å². The molecule has 1 saturated carbocycles. The highest BCUT2D eigenvalue weighted by Crippen LogP contribution is 2.35. The van der Waals surface area contributed by atoms with Crippen molar-refractivity contribution in [2.45, 2.75) is 52.0 Å². The summed E-state index contributed by atoms with van der Waals surface area (Å²) >= 11 is 0. The molecule has 0 radical (unpaired) electrons. The van der Waals surface area contributed by atoms with Gasteiger partial charge in [0.2, 0.25) is 5.91 Å². The number of primary amides is 1. The average Bonchev–Trinajstić information content (AvgIpc) is 2.43. The van der Waals surface area contributed by atoms with Crippen molar-refractivity contribution in [3.05, 3.63) is 29.8 Å². The first kappa shape index (κ1) is 16.3. The van der Waals surface area contributed by atoms with Crippen LogP contribution in [0.25, 0.3) is 0 Å². The van der Waals surface area contributed by atoms with Crippen molar-refractivity contribution in [1.82, 2.24) is 5.32 Å². The molecule has 0 aromatic heterocycles. The van der Waals surface area contributed by atoms with Crippen LogP contribution in [0.15, 0.2) is 24.3 Å². The molecule has 22 heavy (non-hydrogen) atoms. The van der Waals surface area contributed by atoms with Crippen LogP contribution in [0.3, 0.4) is 0 Å². The summed E-state index contributed by atoms with van der Waals surface area (Å²) in [5, 5.41) is 2.92. The Kier molecular flexibility index (Phi) is 5.06. The van der Waals surface area contributed by atoms with Gasteiger partial charge in [0.25, 0.3) is 0 Å². The summed E-state index contributed by atoms with van der Waals surface area (Å²) in [5.41, 5.74) is 6.31. The van der Waals surface area contributed by atoms with Gasteiger partial charge in [0.15, 0.2) is 0 Å². The molecule has 0 atom stereocenters. The highest BCUT2D eigenvalue weighted by molar-refractivity contribution is 5.76. The highest BCUT2D eigenvalue weighted by atomic mass is 16.6. The Morgan fingerprint density at radius 2 is 1.82 bits per heavy atom. The SMILES string of the molecule is CC1(C)CCC(NC(=O)Oc2ccc(CC(N)=O)cc2)CC1. The second kappa shape index (κ2) is 6.81. The summed E-state index contributed by atoms with van der Waals surface area (Å²) in [6, 6.07) is 6.99. The van der Waals surface area contributed by atoms with Crippen LogP contribution in [0, 0.1) is 5.41 Å². The van der Waals surface area contributed by atoms with Gasteiger partial charge in [-0.15, -0.1) is 0 Å². The Morgan fingerprint density at radius 3 is 2.36 bits per heavy atom. The normalized spacial score (nSPS) is 17.7. The van der Waals surface area contributed by atoms with E-state index in [1.54, 1.807) is 24.3 Å². The van der Waals surface area contributed by atoms with Crippen molar-refractivity contribution in [2.24, 2.45) is 11.1 Å². The third-order valence-corrected chi connectivity index (χ3v) is 4.17. The van der Waals surface area contributed by atoms with Crippen molar-refractivity contribution < 1.29 is 14.3 Å². The number of ether oxygens (including phenoxy) is 1. The second-order valence-electron chi connectivity index (χ2n) is 6.76. The maximum atomic E-state index is 11.9. The number of rotatable bonds is 4. The molecule has 2 amide bonds. The Morgan fingerprint density at radius 1 is 1.23 bits per heavy atom. The Balaban J connectivity index is 1.81. The Hall–Kier alpha value is -2.04. The zero-order chi connectivity index (χ0) is 16.2. The van der Waals surface area contributed by atoms with Crippen LogP contribution in [-0.2, 0) is 11.2 Å². The lowest BCUT2D eigenvalue weighted by atomic mass is 9.76. The number of hydrogen-bond acceptors (Lipinski definition) is 3. The van der Waals surface area contributed by atoms with E-state index in [4.69, 9.17) is 10.5 Å². The van der Waals surface area contributed by atoms with Crippen LogP contribution in [-0.4, -0.2) is 18.0 Å². The van der Waals surface area contributed by atoms with Crippen LogP contribution in [0.5, 0.6) is 5.75 Å². The van der Waals surface area contributed by atoms with Crippen molar-refractivity contribution >= 4 is 12.0 Å². The minimum absolute atomic E-state index is 0.185. The molecule has 1 aliphatic rings. The van der Waals surface area contributed by atoms with E-state index < -0.39 is 6.09 Å². The average molecular weight is 304 g/mol. The molecule has 1 aromatic rings. The van der Waals surface area contributed by atoms with Crippen molar-refractivity contribution in [2.75, 3.05) is 0 Å². The minimum atomic E-state index is -0.424. The van der Waals surface area contributed by atoms with Crippen LogP contribution in [0.4, 0.5) is 4.79 Å². The molecule has 120 valence electrons. The van der Waals surface area contributed by atoms with E-state index in [0.29, 0.717) is 11.2 Å². The maximum absolute atomic E-state index is 11.9. The number of carbonyl (C=O) groups is 2. The van der Waals surface area contributed by atoms with Gasteiger partial charge < -0.3 is 15.8 Å². The zero-order valence-electron chi connectivity index (χ0n) is 13.2. The third-order valence-electron chi connectivity index (χ3n) is 4.17. The maximum Gasteiger partial charge on any atom is 0.412 e. The van der Waals surface area contributed by atoms with E-state index in [1.165, 1.54) is 0 Å². The highest BCUT2D eigenvalue weighted by Gasteiger charge is 2.27. The lowest BCUT2D eigenvalue weighted by molar-refractivity contribution is -0.117. The fourth-order valence-corrected chi connectivity index (χ4v) is 2.72. The summed E-state index contributed by atoms with van der Waals surface area (Å²) in [4.78, 5) is 22.7. The summed E-state index contributed by atoms with van der Waals surface area (Å²) in [6.07, 6.45) is 3.95. The second-order valence-corrected chi connectivity index (χ2v) is 6.76. The molecular weight excluding hydrogens is 280 g/mol. The molecule has 0 unspecified atom stereocenters. The quantitative estimate of drug-likeness (QED) is 0.897. The molecule has 0 bridgehead atoms. The van der Waals surface area contributed by atoms with Gasteiger partial charge in [-0.2, -0.15) is 0 Å². The molecule has 5 heteroatoms. The fourth-order valence-electron chi connectivity index (χ4n) is 2.72. The van der Waals surface area contributed by atoms with Gasteiger partial charge in [0, 0.05) is 6.04 Å². The van der Waals surface area contributed by atoms with Gasteiger partial charge in [-0.3, -0.25) is 4.79 Å². The molecule has 1 aromatic carbocycles. The molecule has 1 fully saturated rings. The summed E-state index contributed by atoms with van der Waals surface area (Å²) in [6.45, 7) is 4.52. The number of amides is 2. The lowest BCUT2D eigenvalue weighted by Crippen LogP contribution is -2.40. The molecule has 0 heterocycles. The fraction of sp³-hybridized carbons (Fsp3) is 0.529. The Bertz CT molecular complexity index is 527. The number of hydrogen-bond donors (Lipinski definition) is 2. The van der Waals surface area contributed by atoms with E-state index in [-0.39, 0.29) is 18.4 Å². The van der Waals surface area contributed by atoms with Gasteiger partial charge in [-0.1, -0.05) is 26.0 Å². The van der Waals surface area contributed by atoms with Gasteiger partial charge in [0.1, 0.15) is 5.75 Å². The van der Waals surface area contributed by atoms with Crippen LogP contribution in [0.2, 0.25) is 0 Å². The van der Waals surface area contributed by atoms with Gasteiger partial charge in [-0.05, 0) is 48.8 Å². The number of carbonyl (C=O) groups excluding carboxylic acids is 2. The smallest absolute Gasteiger partial charge is 0.410 e. The monoisotopic (exact) mass is 304 g/mol. The topological polar surface area (TPSA) is 81.4 Å². The standard InChI is InChI=1S/C17H24N2O3/c1-17(2)9-7-13(8-10-17)19-16(21)22-14-5-3-12(4-6-14)11-15(18)20/h3-6,13H,7-11H2,1-2H3,(H2,18,20)(H,19,21). The molecule has 0 saturated heterocycles. The first-order valence-electron chi connectivity index (χ1n) is 7.70. The van der Waals surface area contributed by atoms with E-state index in [9.17, 15) is 9.59 Å². The summed E-state index contributed by atoms with van der Waals surface area (Å²) < 4.78 is 5.26. The zero-order valence-corrected chi connectivity index (χ0v) is 13.2. The van der Waals surface area contributed by atoms with Crippen LogP contribution >= 0.6 is 0 Å². The molecule has 2 rings (SSSR count). The Labute approximate surface area is 131 Å². The predicted molar refractivity (Wildman–Crippen MR) is 84.5 cm³/mol. The molecule has 3 N–H and O–H groups in total. The lowest BCUT2D eigenvalue weighted by Gasteiger charge is -2.34. The number of nitrogens with two attached hydrogens (primary N) is 1. The van der Waals surface area contributed by atoms with Gasteiger partial charge >= 0.3 is 6.09 Å². The van der Waals surface area contributed by atoms with Crippen LogP contribution < -0.4 is 15.8 Å². The first-order chi connectivity index (χ1) is 10.3. The molecule has 0 spiro atoms. The number of nitrogens with one attached hydrogen (secondary N) is 1. The molecule has 1 aliphatic carbocycles. The van der Waals surface area contributed by atoms with E-state index in [1.807, 2.05) is 0 Å². The number of benzene rings is 1. The van der Waals surface area contributed by atoms with Gasteiger partial charge in [0.05, 0.1) is 6.42 Å². The third kappa shape index (κ3) is 5.06. The van der Waals surface area contributed by atoms with Crippen molar-refractivity contribution in [1.29, 1.82) is 0 Å². The van der Waals surface area contributed by atoms with E-state index in [0.717, 1.165) is 31.2 Å². The van der Waals surface area contributed by atoms with E-state index >= 15 is 0 Å².